The van der Waals surface area contributed by atoms with Gasteiger partial charge in [-0.15, -0.1) is 0 Å². The van der Waals surface area contributed by atoms with Crippen LogP contribution >= 0.6 is 0 Å². The molecule has 1 saturated heterocycles. The van der Waals surface area contributed by atoms with Gasteiger partial charge >= 0.3 is 6.03 Å². The fourth-order valence-corrected chi connectivity index (χ4v) is 1.97. The minimum atomic E-state index is -0.139. The maximum absolute atomic E-state index is 12.1. The second-order valence-corrected chi connectivity index (χ2v) is 4.78. The SMILES string of the molecule is COCCOc1ccc(NC(=O)N2CCO[C@@H](C)C2)cn1. The van der Waals surface area contributed by atoms with Gasteiger partial charge in [0.05, 0.1) is 31.2 Å². The predicted molar refractivity (Wildman–Crippen MR) is 77.6 cm³/mol. The van der Waals surface area contributed by atoms with Gasteiger partial charge < -0.3 is 24.4 Å². The summed E-state index contributed by atoms with van der Waals surface area (Å²) in [6.45, 7) is 4.67. The lowest BCUT2D eigenvalue weighted by atomic mass is 10.3. The Morgan fingerprint density at radius 2 is 2.38 bits per heavy atom. The Bertz CT molecular complexity index is 452. The first-order valence-electron chi connectivity index (χ1n) is 6.94. The quantitative estimate of drug-likeness (QED) is 0.830. The molecular weight excluding hydrogens is 274 g/mol. The fraction of sp³-hybridized carbons (Fsp3) is 0.571. The maximum atomic E-state index is 12.1. The summed E-state index contributed by atoms with van der Waals surface area (Å²) >= 11 is 0. The maximum Gasteiger partial charge on any atom is 0.322 e. The normalized spacial score (nSPS) is 18.4. The summed E-state index contributed by atoms with van der Waals surface area (Å²) in [7, 11) is 1.61. The lowest BCUT2D eigenvalue weighted by Crippen LogP contribution is -2.46. The van der Waals surface area contributed by atoms with Gasteiger partial charge in [0.15, 0.2) is 0 Å². The van der Waals surface area contributed by atoms with Crippen LogP contribution in [0.5, 0.6) is 5.88 Å². The second-order valence-electron chi connectivity index (χ2n) is 4.78. The minimum absolute atomic E-state index is 0.0687. The first-order chi connectivity index (χ1) is 10.2. The van der Waals surface area contributed by atoms with Crippen molar-refractivity contribution in [1.29, 1.82) is 0 Å². The molecule has 0 radical (unpaired) electrons. The number of nitrogens with zero attached hydrogens (tertiary/aromatic N) is 2. The highest BCUT2D eigenvalue weighted by Gasteiger charge is 2.21. The smallest absolute Gasteiger partial charge is 0.322 e. The number of hydrogen-bond donors (Lipinski definition) is 1. The van der Waals surface area contributed by atoms with Gasteiger partial charge in [-0.05, 0) is 13.0 Å². The van der Waals surface area contributed by atoms with E-state index >= 15 is 0 Å². The minimum Gasteiger partial charge on any atom is -0.475 e. The highest BCUT2D eigenvalue weighted by Crippen LogP contribution is 2.13. The van der Waals surface area contributed by atoms with Crippen molar-refractivity contribution in [2.24, 2.45) is 0 Å². The van der Waals surface area contributed by atoms with Crippen LogP contribution in [0, 0.1) is 0 Å². The zero-order valence-electron chi connectivity index (χ0n) is 12.4. The van der Waals surface area contributed by atoms with Crippen molar-refractivity contribution in [2.75, 3.05) is 45.3 Å². The van der Waals surface area contributed by atoms with Gasteiger partial charge in [0.1, 0.15) is 6.61 Å². The van der Waals surface area contributed by atoms with Gasteiger partial charge in [-0.25, -0.2) is 9.78 Å². The first-order valence-corrected chi connectivity index (χ1v) is 6.94. The van der Waals surface area contributed by atoms with Crippen LogP contribution in [0.3, 0.4) is 0 Å². The number of aromatic nitrogens is 1. The molecule has 0 bridgehead atoms. The van der Waals surface area contributed by atoms with Gasteiger partial charge in [-0.3, -0.25) is 0 Å². The number of nitrogens with one attached hydrogen (secondary N) is 1. The molecule has 0 saturated carbocycles. The third kappa shape index (κ3) is 4.87. The van der Waals surface area contributed by atoms with Gasteiger partial charge in [-0.2, -0.15) is 0 Å². The number of hydrogen-bond acceptors (Lipinski definition) is 5. The van der Waals surface area contributed by atoms with Crippen LogP contribution in [-0.4, -0.2) is 62.0 Å². The topological polar surface area (TPSA) is 72.9 Å². The molecule has 0 aromatic carbocycles. The summed E-state index contributed by atoms with van der Waals surface area (Å²) in [4.78, 5) is 18.0. The number of ether oxygens (including phenoxy) is 3. The molecule has 21 heavy (non-hydrogen) atoms. The molecule has 1 aliphatic rings. The van der Waals surface area contributed by atoms with Crippen LogP contribution in [0.25, 0.3) is 0 Å². The third-order valence-electron chi connectivity index (χ3n) is 3.05. The summed E-state index contributed by atoms with van der Waals surface area (Å²) in [5.41, 5.74) is 0.637. The molecule has 1 N–H and O–H groups in total. The predicted octanol–water partition coefficient (Wildman–Crippen LogP) is 1.36. The van der Waals surface area contributed by atoms with E-state index in [-0.39, 0.29) is 12.1 Å². The average molecular weight is 295 g/mol. The molecule has 1 fully saturated rings. The molecule has 0 unspecified atom stereocenters. The zero-order chi connectivity index (χ0) is 15.1. The molecule has 2 amide bonds. The van der Waals surface area contributed by atoms with Crippen molar-refractivity contribution in [2.45, 2.75) is 13.0 Å². The molecule has 116 valence electrons. The summed E-state index contributed by atoms with van der Waals surface area (Å²) < 4.78 is 15.7. The number of urea groups is 1. The number of anilines is 1. The van der Waals surface area contributed by atoms with E-state index in [9.17, 15) is 4.79 Å². The molecule has 7 heteroatoms. The Kier molecular flexibility index (Phi) is 5.77. The third-order valence-corrected chi connectivity index (χ3v) is 3.05. The van der Waals surface area contributed by atoms with Gasteiger partial charge in [0, 0.05) is 26.3 Å². The number of carbonyl (C=O) groups is 1. The molecule has 2 rings (SSSR count). The summed E-state index contributed by atoms with van der Waals surface area (Å²) in [6.07, 6.45) is 1.64. The zero-order valence-corrected chi connectivity index (χ0v) is 12.4. The Morgan fingerprint density at radius 3 is 3.05 bits per heavy atom. The Hall–Kier alpha value is -1.86. The highest BCUT2D eigenvalue weighted by molar-refractivity contribution is 5.89. The average Bonchev–Trinajstić information content (AvgIpc) is 2.49. The number of amides is 2. The highest BCUT2D eigenvalue weighted by atomic mass is 16.5. The molecular formula is C14H21N3O4. The Morgan fingerprint density at radius 1 is 1.52 bits per heavy atom. The Labute approximate surface area is 124 Å². The first kappa shape index (κ1) is 15.5. The molecule has 1 atom stereocenters. The molecule has 0 spiro atoms. The molecule has 1 aromatic heterocycles. The Balaban J connectivity index is 1.83. The van der Waals surface area contributed by atoms with E-state index in [1.807, 2.05) is 6.92 Å². The summed E-state index contributed by atoms with van der Waals surface area (Å²) in [5.74, 6) is 0.505. The van der Waals surface area contributed by atoms with E-state index in [0.717, 1.165) is 0 Å². The van der Waals surface area contributed by atoms with E-state index in [1.54, 1.807) is 30.3 Å². The van der Waals surface area contributed by atoms with Crippen LogP contribution in [0.2, 0.25) is 0 Å². The van der Waals surface area contributed by atoms with E-state index in [1.165, 1.54) is 0 Å². The van der Waals surface area contributed by atoms with Crippen LogP contribution in [0.15, 0.2) is 18.3 Å². The lowest BCUT2D eigenvalue weighted by molar-refractivity contribution is -0.00138. The molecule has 1 aromatic rings. The van der Waals surface area contributed by atoms with Gasteiger partial charge in [0.2, 0.25) is 5.88 Å². The van der Waals surface area contributed by atoms with Crippen LogP contribution in [0.1, 0.15) is 6.92 Å². The van der Waals surface area contributed by atoms with Crippen molar-refractivity contribution in [3.63, 3.8) is 0 Å². The van der Waals surface area contributed by atoms with E-state index in [2.05, 4.69) is 10.3 Å². The van der Waals surface area contributed by atoms with Crippen LogP contribution < -0.4 is 10.1 Å². The number of carbonyl (C=O) groups excluding carboxylic acids is 1. The van der Waals surface area contributed by atoms with Crippen molar-refractivity contribution in [3.8, 4) is 5.88 Å². The number of methoxy groups -OCH3 is 1. The summed E-state index contributed by atoms with van der Waals surface area (Å²) in [5, 5.41) is 2.82. The summed E-state index contributed by atoms with van der Waals surface area (Å²) in [6, 6.07) is 3.34. The monoisotopic (exact) mass is 295 g/mol. The van der Waals surface area contributed by atoms with Crippen LogP contribution in [0.4, 0.5) is 10.5 Å². The van der Waals surface area contributed by atoms with Crippen molar-refractivity contribution >= 4 is 11.7 Å². The van der Waals surface area contributed by atoms with Crippen molar-refractivity contribution < 1.29 is 19.0 Å². The largest absolute Gasteiger partial charge is 0.475 e. The van der Waals surface area contributed by atoms with Gasteiger partial charge in [-0.1, -0.05) is 0 Å². The van der Waals surface area contributed by atoms with E-state index < -0.39 is 0 Å². The number of rotatable bonds is 5. The molecule has 2 heterocycles. The second kappa shape index (κ2) is 7.80. The lowest BCUT2D eigenvalue weighted by Gasteiger charge is -2.31. The van der Waals surface area contributed by atoms with E-state index in [4.69, 9.17) is 14.2 Å². The molecule has 1 aliphatic heterocycles. The molecule has 7 nitrogen and oxygen atoms in total. The number of morpholine rings is 1. The van der Waals surface area contributed by atoms with Crippen molar-refractivity contribution in [3.05, 3.63) is 18.3 Å². The van der Waals surface area contributed by atoms with Crippen LogP contribution in [-0.2, 0) is 9.47 Å². The number of pyridine rings is 1. The van der Waals surface area contributed by atoms with Crippen molar-refractivity contribution in [1.82, 2.24) is 9.88 Å². The molecule has 0 aliphatic carbocycles. The van der Waals surface area contributed by atoms with Gasteiger partial charge in [0.25, 0.3) is 0 Å². The van der Waals surface area contributed by atoms with E-state index in [0.29, 0.717) is 44.5 Å². The fourth-order valence-electron chi connectivity index (χ4n) is 1.97. The standard InChI is InChI=1S/C14H21N3O4/c1-11-10-17(5-6-20-11)14(18)16-12-3-4-13(15-9-12)21-8-7-19-2/h3-4,9,11H,5-8,10H2,1-2H3,(H,16,18)/t11-/m0/s1.